The van der Waals surface area contributed by atoms with Gasteiger partial charge >= 0.3 is 0 Å². The first-order valence-corrected chi connectivity index (χ1v) is 11.4. The Kier molecular flexibility index (Phi) is 7.23. The summed E-state index contributed by atoms with van der Waals surface area (Å²) in [7, 11) is 0. The molecule has 1 saturated heterocycles. The Labute approximate surface area is 174 Å². The fourth-order valence-corrected chi connectivity index (χ4v) is 5.20. The zero-order chi connectivity index (χ0) is 20.0. The van der Waals surface area contributed by atoms with Gasteiger partial charge in [0.15, 0.2) is 0 Å². The summed E-state index contributed by atoms with van der Waals surface area (Å²) in [5, 5.41) is 0.359. The molecule has 2 aromatic rings. The third kappa shape index (κ3) is 5.88. The van der Waals surface area contributed by atoms with E-state index in [2.05, 4.69) is 86.3 Å². The van der Waals surface area contributed by atoms with Crippen LogP contribution in [0.4, 0.5) is 0 Å². The quantitative estimate of drug-likeness (QED) is 0.515. The number of hydrogen-bond donors (Lipinski definition) is 0. The lowest BCUT2D eigenvalue weighted by atomic mass is 9.77. The minimum Gasteiger partial charge on any atom is -0.343 e. The highest BCUT2D eigenvalue weighted by molar-refractivity contribution is 7.99. The van der Waals surface area contributed by atoms with E-state index < -0.39 is 0 Å². The van der Waals surface area contributed by atoms with E-state index in [0.717, 1.165) is 32.4 Å². The standard InChI is InChI=1S/C25H33NOS/c1-25(2,3)21-14-15-24(27)26(18-16-21)19-17-23(20-10-6-4-7-11-20)28-22-12-8-5-9-13-22/h4-13,21,23H,14-19H2,1-3H3/t21-,23+/m1/s1. The van der Waals surface area contributed by atoms with Crippen LogP contribution in [0.2, 0.25) is 0 Å². The molecule has 0 radical (unpaired) electrons. The van der Waals surface area contributed by atoms with E-state index in [4.69, 9.17) is 0 Å². The van der Waals surface area contributed by atoms with E-state index in [1.54, 1.807) is 0 Å². The van der Waals surface area contributed by atoms with Crippen LogP contribution in [-0.4, -0.2) is 23.9 Å². The molecule has 1 aliphatic rings. The number of thioether (sulfide) groups is 1. The second-order valence-corrected chi connectivity index (χ2v) is 10.2. The van der Waals surface area contributed by atoms with E-state index in [0.29, 0.717) is 23.5 Å². The first-order chi connectivity index (χ1) is 13.4. The Balaban J connectivity index is 1.66. The lowest BCUT2D eigenvalue weighted by Crippen LogP contribution is -2.32. The van der Waals surface area contributed by atoms with E-state index in [9.17, 15) is 4.79 Å². The molecule has 150 valence electrons. The average Bonchev–Trinajstić information content (AvgIpc) is 2.88. The lowest BCUT2D eigenvalue weighted by Gasteiger charge is -2.30. The molecule has 0 unspecified atom stereocenters. The van der Waals surface area contributed by atoms with Gasteiger partial charge in [0.05, 0.1) is 0 Å². The van der Waals surface area contributed by atoms with E-state index in [1.807, 2.05) is 11.8 Å². The Morgan fingerprint density at radius 2 is 1.64 bits per heavy atom. The van der Waals surface area contributed by atoms with E-state index in [-0.39, 0.29) is 5.41 Å². The minimum absolute atomic E-state index is 0.284. The number of likely N-dealkylation sites (tertiary alicyclic amines) is 1. The third-order valence-electron chi connectivity index (χ3n) is 5.89. The molecule has 0 saturated carbocycles. The molecule has 0 spiro atoms. The third-order valence-corrected chi connectivity index (χ3v) is 7.22. The van der Waals surface area contributed by atoms with Crippen LogP contribution < -0.4 is 0 Å². The van der Waals surface area contributed by atoms with Crippen molar-refractivity contribution in [2.24, 2.45) is 11.3 Å². The Morgan fingerprint density at radius 3 is 2.29 bits per heavy atom. The highest BCUT2D eigenvalue weighted by Crippen LogP contribution is 2.39. The summed E-state index contributed by atoms with van der Waals surface area (Å²) in [4.78, 5) is 16.1. The van der Waals surface area contributed by atoms with Gasteiger partial charge in [-0.2, -0.15) is 0 Å². The van der Waals surface area contributed by atoms with Crippen LogP contribution in [0.1, 0.15) is 57.3 Å². The van der Waals surface area contributed by atoms with Crippen LogP contribution in [0.15, 0.2) is 65.6 Å². The molecular formula is C25H33NOS. The van der Waals surface area contributed by atoms with Crippen LogP contribution >= 0.6 is 11.8 Å². The number of amides is 1. The maximum atomic E-state index is 12.7. The fourth-order valence-electron chi connectivity index (χ4n) is 4.04. The molecule has 2 atom stereocenters. The van der Waals surface area contributed by atoms with E-state index in [1.165, 1.54) is 10.5 Å². The van der Waals surface area contributed by atoms with Gasteiger partial charge in [-0.15, -0.1) is 11.8 Å². The van der Waals surface area contributed by atoms with Crippen molar-refractivity contribution >= 4 is 17.7 Å². The van der Waals surface area contributed by atoms with Crippen molar-refractivity contribution < 1.29 is 4.79 Å². The van der Waals surface area contributed by atoms with Gasteiger partial charge < -0.3 is 4.90 Å². The van der Waals surface area contributed by atoms with Crippen molar-refractivity contribution in [1.82, 2.24) is 4.90 Å². The molecule has 1 amide bonds. The summed E-state index contributed by atoms with van der Waals surface area (Å²) in [5.74, 6) is 0.966. The largest absolute Gasteiger partial charge is 0.343 e. The molecule has 0 N–H and O–H groups in total. The number of nitrogens with zero attached hydrogens (tertiary/aromatic N) is 1. The average molecular weight is 396 g/mol. The van der Waals surface area contributed by atoms with Gasteiger partial charge in [-0.3, -0.25) is 4.79 Å². The van der Waals surface area contributed by atoms with Crippen molar-refractivity contribution in [3.8, 4) is 0 Å². The summed E-state index contributed by atoms with van der Waals surface area (Å²) < 4.78 is 0. The summed E-state index contributed by atoms with van der Waals surface area (Å²) in [5.41, 5.74) is 1.62. The van der Waals surface area contributed by atoms with Crippen molar-refractivity contribution in [2.45, 2.75) is 56.6 Å². The maximum absolute atomic E-state index is 12.7. The van der Waals surface area contributed by atoms with Gasteiger partial charge in [-0.1, -0.05) is 69.3 Å². The van der Waals surface area contributed by atoms with Gasteiger partial charge in [-0.05, 0) is 48.3 Å². The molecule has 0 aliphatic carbocycles. The predicted molar refractivity (Wildman–Crippen MR) is 119 cm³/mol. The molecule has 1 aliphatic heterocycles. The Bertz CT molecular complexity index is 738. The van der Waals surface area contributed by atoms with Crippen molar-refractivity contribution in [3.63, 3.8) is 0 Å². The van der Waals surface area contributed by atoms with Crippen molar-refractivity contribution in [1.29, 1.82) is 0 Å². The van der Waals surface area contributed by atoms with Gasteiger partial charge in [-0.25, -0.2) is 0 Å². The molecule has 1 heterocycles. The van der Waals surface area contributed by atoms with E-state index >= 15 is 0 Å². The molecule has 2 nitrogen and oxygen atoms in total. The second kappa shape index (κ2) is 9.65. The zero-order valence-corrected chi connectivity index (χ0v) is 18.3. The zero-order valence-electron chi connectivity index (χ0n) is 17.4. The molecule has 0 aromatic heterocycles. The molecular weight excluding hydrogens is 362 g/mol. The summed E-state index contributed by atoms with van der Waals surface area (Å²) in [6.45, 7) is 8.66. The maximum Gasteiger partial charge on any atom is 0.222 e. The molecule has 2 aromatic carbocycles. The second-order valence-electron chi connectivity index (χ2n) is 8.89. The minimum atomic E-state index is 0.284. The number of rotatable bonds is 6. The number of carbonyl (C=O) groups excluding carboxylic acids is 1. The first-order valence-electron chi connectivity index (χ1n) is 10.5. The van der Waals surface area contributed by atoms with Crippen LogP contribution in [0.25, 0.3) is 0 Å². The van der Waals surface area contributed by atoms with Gasteiger partial charge in [0.25, 0.3) is 0 Å². The highest BCUT2D eigenvalue weighted by Gasteiger charge is 2.30. The topological polar surface area (TPSA) is 20.3 Å². The SMILES string of the molecule is CC(C)(C)[C@@H]1CCC(=O)N(CC[C@H](Sc2ccccc2)c2ccccc2)CC1. The molecule has 1 fully saturated rings. The molecule has 0 bridgehead atoms. The van der Waals surface area contributed by atoms with Crippen LogP contribution in [0.3, 0.4) is 0 Å². The first kappa shape index (κ1) is 21.0. The van der Waals surface area contributed by atoms with Crippen molar-refractivity contribution in [3.05, 3.63) is 66.2 Å². The Hall–Kier alpha value is -1.74. The van der Waals surface area contributed by atoms with Gasteiger partial charge in [0.1, 0.15) is 0 Å². The fraction of sp³-hybridized carbons (Fsp3) is 0.480. The normalized spacial score (nSPS) is 19.3. The lowest BCUT2D eigenvalue weighted by molar-refractivity contribution is -0.130. The van der Waals surface area contributed by atoms with Crippen LogP contribution in [0, 0.1) is 11.3 Å². The summed E-state index contributed by atoms with van der Waals surface area (Å²) >= 11 is 1.90. The van der Waals surface area contributed by atoms with Gasteiger partial charge in [0, 0.05) is 29.7 Å². The number of benzene rings is 2. The smallest absolute Gasteiger partial charge is 0.222 e. The summed E-state index contributed by atoms with van der Waals surface area (Å²) in [6.07, 6.45) is 3.83. The highest BCUT2D eigenvalue weighted by atomic mass is 32.2. The van der Waals surface area contributed by atoms with Crippen molar-refractivity contribution in [2.75, 3.05) is 13.1 Å². The molecule has 3 heteroatoms. The monoisotopic (exact) mass is 395 g/mol. The predicted octanol–water partition coefficient (Wildman–Crippen LogP) is 6.58. The molecule has 28 heavy (non-hydrogen) atoms. The van der Waals surface area contributed by atoms with Crippen LogP contribution in [0.5, 0.6) is 0 Å². The summed E-state index contributed by atoms with van der Waals surface area (Å²) in [6, 6.07) is 21.3. The van der Waals surface area contributed by atoms with Gasteiger partial charge in [0.2, 0.25) is 5.91 Å². The van der Waals surface area contributed by atoms with Crippen LogP contribution in [-0.2, 0) is 4.79 Å². The number of hydrogen-bond acceptors (Lipinski definition) is 2. The Morgan fingerprint density at radius 1 is 1.00 bits per heavy atom. The number of carbonyl (C=O) groups is 1. The molecule has 3 rings (SSSR count).